The van der Waals surface area contributed by atoms with Crippen LogP contribution >= 0.6 is 30.2 Å². The van der Waals surface area contributed by atoms with Crippen LogP contribution in [0.5, 0.6) is 5.75 Å². The van der Waals surface area contributed by atoms with Crippen molar-refractivity contribution >= 4 is 57.9 Å². The first-order valence-corrected chi connectivity index (χ1v) is 10.2. The van der Waals surface area contributed by atoms with Gasteiger partial charge in [0.1, 0.15) is 10.7 Å². The van der Waals surface area contributed by atoms with Crippen molar-refractivity contribution in [1.82, 2.24) is 5.09 Å². The predicted octanol–water partition coefficient (Wildman–Crippen LogP) is 3.72. The van der Waals surface area contributed by atoms with E-state index in [2.05, 4.69) is 9.76 Å². The molecule has 0 radical (unpaired) electrons. The second-order valence-corrected chi connectivity index (χ2v) is 9.68. The molecule has 0 bridgehead atoms. The van der Waals surface area contributed by atoms with Crippen molar-refractivity contribution in [3.8, 4) is 5.75 Å². The Morgan fingerprint density at radius 1 is 1.18 bits per heavy atom. The fraction of sp³-hybridized carbons (Fsp3) is 0.133. The van der Waals surface area contributed by atoms with Crippen molar-refractivity contribution in [3.63, 3.8) is 0 Å². The van der Waals surface area contributed by atoms with Crippen molar-refractivity contribution in [3.05, 3.63) is 53.6 Å². The average Bonchev–Trinajstić information content (AvgIpc) is 2.84. The zero-order chi connectivity index (χ0) is 15.7. The minimum atomic E-state index is -2.23. The molecule has 114 valence electrons. The SMILES string of the molecule is COc1ccc(P2(=S)NC(=S)CN2c2ccccc2Cl)cc1. The highest BCUT2D eigenvalue weighted by molar-refractivity contribution is 8.18. The number of anilines is 1. The molecule has 3 rings (SSSR count). The summed E-state index contributed by atoms with van der Waals surface area (Å²) in [5, 5.41) is 5.05. The Balaban J connectivity index is 2.07. The quantitative estimate of drug-likeness (QED) is 0.657. The lowest BCUT2D eigenvalue weighted by atomic mass is 10.3. The second-order valence-electron chi connectivity index (χ2n) is 4.82. The smallest absolute Gasteiger partial charge is 0.151 e. The number of ether oxygens (including phenoxy) is 1. The molecule has 1 fully saturated rings. The van der Waals surface area contributed by atoms with E-state index in [-0.39, 0.29) is 0 Å². The number of thiocarbonyl (C=S) groups is 1. The number of nitrogens with zero attached hydrogens (tertiary/aromatic N) is 1. The monoisotopic (exact) mass is 368 g/mol. The minimum Gasteiger partial charge on any atom is -0.497 e. The van der Waals surface area contributed by atoms with Gasteiger partial charge in [-0.3, -0.25) is 0 Å². The van der Waals surface area contributed by atoms with Crippen LogP contribution in [0.1, 0.15) is 0 Å². The molecule has 1 aliphatic rings. The molecule has 0 amide bonds. The number of methoxy groups -OCH3 is 1. The van der Waals surface area contributed by atoms with E-state index in [1.54, 1.807) is 7.11 Å². The van der Waals surface area contributed by atoms with Crippen LogP contribution in [0.15, 0.2) is 48.5 Å². The van der Waals surface area contributed by atoms with E-state index in [0.29, 0.717) is 11.6 Å². The van der Waals surface area contributed by atoms with Crippen LogP contribution in [-0.2, 0) is 11.8 Å². The van der Waals surface area contributed by atoms with Crippen molar-refractivity contribution in [2.75, 3.05) is 18.3 Å². The molecular formula is C15H14ClN2OPS2. The minimum absolute atomic E-state index is 0.586. The fourth-order valence-electron chi connectivity index (χ4n) is 2.39. The third kappa shape index (κ3) is 2.74. The predicted molar refractivity (Wildman–Crippen MR) is 101 cm³/mol. The van der Waals surface area contributed by atoms with Gasteiger partial charge in [-0.25, -0.2) is 0 Å². The van der Waals surface area contributed by atoms with Gasteiger partial charge in [0.25, 0.3) is 0 Å². The molecule has 1 saturated heterocycles. The molecule has 1 heterocycles. The number of benzene rings is 2. The lowest BCUT2D eigenvalue weighted by Crippen LogP contribution is -2.24. The maximum atomic E-state index is 6.35. The molecule has 1 atom stereocenters. The zero-order valence-electron chi connectivity index (χ0n) is 11.8. The van der Waals surface area contributed by atoms with Gasteiger partial charge in [-0.2, -0.15) is 0 Å². The maximum absolute atomic E-state index is 6.35. The molecule has 0 saturated carbocycles. The van der Waals surface area contributed by atoms with Crippen LogP contribution in [0.3, 0.4) is 0 Å². The summed E-state index contributed by atoms with van der Waals surface area (Å²) in [7, 11) is 1.65. The van der Waals surface area contributed by atoms with Gasteiger partial charge in [0.05, 0.1) is 24.4 Å². The largest absolute Gasteiger partial charge is 0.497 e. The van der Waals surface area contributed by atoms with E-state index < -0.39 is 6.34 Å². The summed E-state index contributed by atoms with van der Waals surface area (Å²) in [6.45, 7) is 0.586. The third-order valence-corrected chi connectivity index (χ3v) is 8.27. The van der Waals surface area contributed by atoms with Crippen LogP contribution in [0.25, 0.3) is 0 Å². The first-order chi connectivity index (χ1) is 10.5. The van der Waals surface area contributed by atoms with E-state index in [0.717, 1.165) is 21.7 Å². The highest BCUT2D eigenvalue weighted by atomic mass is 35.5. The molecule has 22 heavy (non-hydrogen) atoms. The summed E-state index contributed by atoms with van der Waals surface area (Å²) in [6.07, 6.45) is -2.23. The summed E-state index contributed by atoms with van der Waals surface area (Å²) in [6, 6.07) is 15.5. The van der Waals surface area contributed by atoms with E-state index >= 15 is 0 Å². The van der Waals surface area contributed by atoms with Crippen molar-refractivity contribution in [2.24, 2.45) is 0 Å². The lowest BCUT2D eigenvalue weighted by molar-refractivity contribution is 0.415. The van der Waals surface area contributed by atoms with Crippen LogP contribution in [0, 0.1) is 0 Å². The molecule has 0 spiro atoms. The number of nitrogens with one attached hydrogen (secondary N) is 1. The van der Waals surface area contributed by atoms with Gasteiger partial charge in [0, 0.05) is 5.30 Å². The van der Waals surface area contributed by atoms with Crippen LogP contribution in [0.2, 0.25) is 5.02 Å². The Morgan fingerprint density at radius 2 is 1.86 bits per heavy atom. The maximum Gasteiger partial charge on any atom is 0.151 e. The van der Waals surface area contributed by atoms with Gasteiger partial charge in [0.2, 0.25) is 0 Å². The number of para-hydroxylation sites is 1. The number of halogens is 1. The highest BCUT2D eigenvalue weighted by Gasteiger charge is 2.36. The van der Waals surface area contributed by atoms with Crippen molar-refractivity contribution < 1.29 is 4.74 Å². The number of rotatable bonds is 3. The molecule has 2 aromatic rings. The van der Waals surface area contributed by atoms with Gasteiger partial charge in [-0.1, -0.05) is 36.0 Å². The summed E-state index contributed by atoms with van der Waals surface area (Å²) in [5.74, 6) is 0.802. The molecule has 0 aromatic heterocycles. The lowest BCUT2D eigenvalue weighted by Gasteiger charge is -2.30. The van der Waals surface area contributed by atoms with Crippen LogP contribution in [-0.4, -0.2) is 18.6 Å². The fourth-order valence-corrected chi connectivity index (χ4v) is 6.92. The van der Waals surface area contributed by atoms with Crippen molar-refractivity contribution in [2.45, 2.75) is 0 Å². The summed E-state index contributed by atoms with van der Waals surface area (Å²) in [5.41, 5.74) is 0.913. The van der Waals surface area contributed by atoms with E-state index in [4.69, 9.17) is 40.4 Å². The topological polar surface area (TPSA) is 24.5 Å². The van der Waals surface area contributed by atoms with E-state index in [1.807, 2.05) is 48.5 Å². The zero-order valence-corrected chi connectivity index (χ0v) is 15.1. The Labute approximate surface area is 145 Å². The second kappa shape index (κ2) is 6.17. The standard InChI is InChI=1S/C15H14ClN2OPS2/c1-19-11-6-8-12(9-7-11)20(22)17-15(21)10-18(20)14-5-3-2-4-13(14)16/h2-9H,10H2,1H3,(H,17,21,22). The Kier molecular flexibility index (Phi) is 4.42. The molecule has 0 aliphatic carbocycles. The molecular weight excluding hydrogens is 355 g/mol. The van der Waals surface area contributed by atoms with Gasteiger partial charge < -0.3 is 14.5 Å². The highest BCUT2D eigenvalue weighted by Crippen LogP contribution is 2.52. The van der Waals surface area contributed by atoms with Gasteiger partial charge in [-0.15, -0.1) is 0 Å². The normalized spacial score (nSPS) is 20.8. The van der Waals surface area contributed by atoms with Gasteiger partial charge in [0.15, 0.2) is 6.34 Å². The molecule has 2 aromatic carbocycles. The molecule has 1 unspecified atom stereocenters. The first-order valence-electron chi connectivity index (χ1n) is 6.63. The molecule has 3 nitrogen and oxygen atoms in total. The van der Waals surface area contributed by atoms with Crippen LogP contribution in [0.4, 0.5) is 5.69 Å². The first kappa shape index (κ1) is 15.8. The van der Waals surface area contributed by atoms with Crippen molar-refractivity contribution in [1.29, 1.82) is 0 Å². The molecule has 1 aliphatic heterocycles. The molecule has 7 heteroatoms. The Bertz CT molecular complexity index is 766. The molecule has 1 N–H and O–H groups in total. The van der Waals surface area contributed by atoms with E-state index in [9.17, 15) is 0 Å². The summed E-state index contributed by atoms with van der Waals surface area (Å²) >= 11 is 17.7. The van der Waals surface area contributed by atoms with Crippen LogP contribution < -0.4 is 19.8 Å². The number of hydrogen-bond acceptors (Lipinski definition) is 3. The van der Waals surface area contributed by atoms with Gasteiger partial charge >= 0.3 is 0 Å². The van der Waals surface area contributed by atoms with E-state index in [1.165, 1.54) is 0 Å². The summed E-state index contributed by atoms with van der Waals surface area (Å²) in [4.78, 5) is 0.749. The average molecular weight is 369 g/mol. The third-order valence-electron chi connectivity index (χ3n) is 3.46. The number of hydrogen-bond donors (Lipinski definition) is 1. The summed E-state index contributed by atoms with van der Waals surface area (Å²) < 4.78 is 7.33. The Morgan fingerprint density at radius 3 is 2.50 bits per heavy atom. The Hall–Kier alpha value is -1.13. The van der Waals surface area contributed by atoms with Gasteiger partial charge in [-0.05, 0) is 48.2 Å².